The van der Waals surface area contributed by atoms with Gasteiger partial charge in [0.15, 0.2) is 0 Å². The van der Waals surface area contributed by atoms with Gasteiger partial charge in [-0.25, -0.2) is 14.4 Å². The van der Waals surface area contributed by atoms with E-state index in [0.717, 1.165) is 43.4 Å². The minimum absolute atomic E-state index is 0.0180. The van der Waals surface area contributed by atoms with E-state index in [0.29, 0.717) is 43.6 Å². The summed E-state index contributed by atoms with van der Waals surface area (Å²) in [4.78, 5) is 41.4. The molecule has 0 saturated carbocycles. The highest BCUT2D eigenvalue weighted by molar-refractivity contribution is 6.30. The van der Waals surface area contributed by atoms with E-state index < -0.39 is 17.8 Å². The molecule has 1 aromatic rings. The van der Waals surface area contributed by atoms with Gasteiger partial charge in [-0.1, -0.05) is 17.7 Å². The van der Waals surface area contributed by atoms with E-state index in [1.165, 1.54) is 7.11 Å². The second-order valence-electron chi connectivity index (χ2n) is 12.8. The van der Waals surface area contributed by atoms with Crippen molar-refractivity contribution in [1.82, 2.24) is 20.4 Å². The zero-order valence-corrected chi connectivity index (χ0v) is 27.9. The Hall–Kier alpha value is -2.76. The van der Waals surface area contributed by atoms with Crippen LogP contribution in [0.25, 0.3) is 0 Å². The van der Waals surface area contributed by atoms with E-state index in [2.05, 4.69) is 15.4 Å². The number of urea groups is 1. The third-order valence-corrected chi connectivity index (χ3v) is 8.39. The first-order chi connectivity index (χ1) is 20.9. The molecule has 248 valence electrons. The van der Waals surface area contributed by atoms with E-state index >= 15 is 0 Å². The lowest BCUT2D eigenvalue weighted by atomic mass is 9.86. The summed E-state index contributed by atoms with van der Waals surface area (Å²) in [6.45, 7) is 10.9. The van der Waals surface area contributed by atoms with Crippen LogP contribution in [0.1, 0.15) is 70.1 Å². The molecule has 1 aromatic carbocycles. The maximum absolute atomic E-state index is 13.5. The van der Waals surface area contributed by atoms with Gasteiger partial charge in [0.1, 0.15) is 5.60 Å². The molecule has 0 bridgehead atoms. The Balaban J connectivity index is 1.68. The number of ether oxygens (including phenoxy) is 4. The molecule has 2 heterocycles. The van der Waals surface area contributed by atoms with Gasteiger partial charge in [0.2, 0.25) is 0 Å². The third-order valence-electron chi connectivity index (χ3n) is 8.15. The summed E-state index contributed by atoms with van der Waals surface area (Å²) in [5.74, 6) is 0.326. The van der Waals surface area contributed by atoms with E-state index in [-0.39, 0.29) is 37.2 Å². The van der Waals surface area contributed by atoms with Gasteiger partial charge in [0.25, 0.3) is 0 Å². The topological polar surface area (TPSA) is 119 Å². The number of likely N-dealkylation sites (tertiary alicyclic amines) is 1. The second-order valence-corrected chi connectivity index (χ2v) is 13.2. The number of hydrogen-bond acceptors (Lipinski definition) is 7. The highest BCUT2D eigenvalue weighted by Crippen LogP contribution is 2.35. The van der Waals surface area contributed by atoms with Crippen molar-refractivity contribution >= 4 is 29.8 Å². The van der Waals surface area contributed by atoms with Crippen LogP contribution in [0.15, 0.2) is 18.2 Å². The largest absolute Gasteiger partial charge is 0.453 e. The number of likely N-dealkylation sites (N-methyl/N-ethyl adjacent to an activating group) is 1. The highest BCUT2D eigenvalue weighted by Gasteiger charge is 2.33. The molecule has 0 radical (unpaired) electrons. The first-order valence-corrected chi connectivity index (χ1v) is 16.0. The van der Waals surface area contributed by atoms with E-state index in [1.807, 2.05) is 50.8 Å². The summed E-state index contributed by atoms with van der Waals surface area (Å²) in [5, 5.41) is 6.37. The molecule has 3 rings (SSSR count). The van der Waals surface area contributed by atoms with Crippen molar-refractivity contribution < 1.29 is 33.3 Å². The SMILES string of the molecule is COC(=O)NCCO[C@@H](c1cc(Cl)ccc1C)[C@@H]1CCCN(C(=O)NC[C@@H](C[C@H]2CCCOC2)N(C)C(=O)OC(C)(C)C)C1. The van der Waals surface area contributed by atoms with Gasteiger partial charge in [0, 0.05) is 57.4 Å². The predicted octanol–water partition coefficient (Wildman–Crippen LogP) is 5.54. The molecule has 2 fully saturated rings. The molecular weight excluding hydrogens is 588 g/mol. The number of hydrogen-bond donors (Lipinski definition) is 2. The molecule has 2 N–H and O–H groups in total. The Bertz CT molecular complexity index is 1090. The Morgan fingerprint density at radius 3 is 2.64 bits per heavy atom. The monoisotopic (exact) mass is 638 g/mol. The van der Waals surface area contributed by atoms with Crippen LogP contribution in [0, 0.1) is 18.8 Å². The average molecular weight is 639 g/mol. The number of methoxy groups -OCH3 is 1. The summed E-state index contributed by atoms with van der Waals surface area (Å²) in [7, 11) is 3.05. The average Bonchev–Trinajstić information content (AvgIpc) is 2.99. The normalized spacial score (nSPS) is 20.3. The molecule has 0 spiro atoms. The van der Waals surface area contributed by atoms with E-state index in [1.54, 1.807) is 11.9 Å². The van der Waals surface area contributed by atoms with Gasteiger partial charge in [-0.2, -0.15) is 0 Å². The van der Waals surface area contributed by atoms with Crippen LogP contribution < -0.4 is 10.6 Å². The van der Waals surface area contributed by atoms with Crippen molar-refractivity contribution in [2.24, 2.45) is 11.8 Å². The van der Waals surface area contributed by atoms with Crippen molar-refractivity contribution in [1.29, 1.82) is 0 Å². The van der Waals surface area contributed by atoms with Crippen molar-refractivity contribution in [3.63, 3.8) is 0 Å². The van der Waals surface area contributed by atoms with Crippen LogP contribution in [0.4, 0.5) is 14.4 Å². The zero-order chi connectivity index (χ0) is 32.3. The lowest BCUT2D eigenvalue weighted by Gasteiger charge is -2.38. The van der Waals surface area contributed by atoms with Crippen LogP contribution in [-0.4, -0.2) is 99.8 Å². The first kappa shape index (κ1) is 35.7. The van der Waals surface area contributed by atoms with Gasteiger partial charge >= 0.3 is 18.2 Å². The van der Waals surface area contributed by atoms with Crippen molar-refractivity contribution in [2.75, 3.05) is 60.2 Å². The summed E-state index contributed by atoms with van der Waals surface area (Å²) in [5.41, 5.74) is 1.39. The molecule has 2 saturated heterocycles. The Morgan fingerprint density at radius 1 is 1.18 bits per heavy atom. The summed E-state index contributed by atoms with van der Waals surface area (Å²) in [6, 6.07) is 5.31. The van der Waals surface area contributed by atoms with E-state index in [4.69, 9.17) is 25.8 Å². The van der Waals surface area contributed by atoms with Crippen LogP contribution in [0.3, 0.4) is 0 Å². The van der Waals surface area contributed by atoms with Crippen molar-refractivity contribution in [3.8, 4) is 0 Å². The number of benzene rings is 1. The van der Waals surface area contributed by atoms with Crippen LogP contribution in [0.2, 0.25) is 5.02 Å². The number of nitrogens with one attached hydrogen (secondary N) is 2. The number of carbonyl (C=O) groups excluding carboxylic acids is 3. The number of aryl methyl sites for hydroxylation is 1. The number of rotatable bonds is 11. The fourth-order valence-electron chi connectivity index (χ4n) is 5.81. The molecule has 44 heavy (non-hydrogen) atoms. The van der Waals surface area contributed by atoms with Gasteiger partial charge in [0.05, 0.1) is 25.9 Å². The fourth-order valence-corrected chi connectivity index (χ4v) is 5.99. The summed E-state index contributed by atoms with van der Waals surface area (Å²) in [6.07, 6.45) is 3.17. The molecule has 2 aliphatic heterocycles. The van der Waals surface area contributed by atoms with Gasteiger partial charge < -0.3 is 39.4 Å². The second kappa shape index (κ2) is 17.1. The third kappa shape index (κ3) is 11.3. The number of carbonyl (C=O) groups is 3. The van der Waals surface area contributed by atoms with E-state index in [9.17, 15) is 14.4 Å². The molecule has 2 aliphatic rings. The summed E-state index contributed by atoms with van der Waals surface area (Å²) < 4.78 is 22.3. The summed E-state index contributed by atoms with van der Waals surface area (Å²) >= 11 is 6.38. The standard InChI is InChI=1S/C32H51ClN4O7/c1-22-11-12-25(33)18-27(22)28(43-16-13-34-30(39)41-6)24-10-7-14-37(20-24)29(38)35-19-26(17-23-9-8-15-42-21-23)36(5)31(40)44-32(2,3)4/h11-12,18,23-24,26,28H,7-10,13-17,19-21H2,1-6H3,(H,34,39)(H,35,38)/t23-,24-,26-,28-/m1/s1. The fraction of sp³-hybridized carbons (Fsp3) is 0.719. The number of piperidine rings is 1. The lowest BCUT2D eigenvalue weighted by molar-refractivity contribution is -0.00912. The smallest absolute Gasteiger partial charge is 0.410 e. The molecule has 12 heteroatoms. The number of nitrogens with zero attached hydrogens (tertiary/aromatic N) is 2. The lowest BCUT2D eigenvalue weighted by Crippen LogP contribution is -2.52. The van der Waals surface area contributed by atoms with Crippen molar-refractivity contribution in [2.45, 2.75) is 77.5 Å². The zero-order valence-electron chi connectivity index (χ0n) is 27.2. The number of amides is 4. The quantitative estimate of drug-likeness (QED) is 0.306. The molecule has 11 nitrogen and oxygen atoms in total. The van der Waals surface area contributed by atoms with Crippen LogP contribution >= 0.6 is 11.6 Å². The minimum atomic E-state index is -0.620. The Morgan fingerprint density at radius 2 is 1.95 bits per heavy atom. The van der Waals surface area contributed by atoms with Crippen LogP contribution in [-0.2, 0) is 18.9 Å². The molecule has 4 atom stereocenters. The number of halogens is 1. The maximum atomic E-state index is 13.5. The van der Waals surface area contributed by atoms with Gasteiger partial charge in [-0.05, 0) is 89.0 Å². The maximum Gasteiger partial charge on any atom is 0.410 e. The van der Waals surface area contributed by atoms with Gasteiger partial charge in [-0.3, -0.25) is 0 Å². The Kier molecular flexibility index (Phi) is 13.9. The molecule has 0 unspecified atom stereocenters. The van der Waals surface area contributed by atoms with Crippen molar-refractivity contribution in [3.05, 3.63) is 34.3 Å². The number of alkyl carbamates (subject to hydrolysis) is 1. The van der Waals surface area contributed by atoms with Gasteiger partial charge in [-0.15, -0.1) is 0 Å². The Labute approximate surface area is 267 Å². The molecule has 0 aromatic heterocycles. The molecule has 0 aliphatic carbocycles. The first-order valence-electron chi connectivity index (χ1n) is 15.6. The predicted molar refractivity (Wildman–Crippen MR) is 169 cm³/mol. The molecular formula is C32H51ClN4O7. The van der Waals surface area contributed by atoms with Crippen LogP contribution in [0.5, 0.6) is 0 Å². The minimum Gasteiger partial charge on any atom is -0.453 e. The highest BCUT2D eigenvalue weighted by atomic mass is 35.5. The molecule has 4 amide bonds.